The van der Waals surface area contributed by atoms with Crippen molar-refractivity contribution in [2.24, 2.45) is 22.2 Å². The molecule has 0 aliphatic rings. The molecule has 2 aromatic rings. The minimum atomic E-state index is -1.44. The number of hydrogen-bond acceptors (Lipinski definition) is 8. The second-order valence-electron chi connectivity index (χ2n) is 9.10. The van der Waals surface area contributed by atoms with E-state index in [1.54, 1.807) is 6.20 Å². The predicted octanol–water partition coefficient (Wildman–Crippen LogP) is -1.62. The van der Waals surface area contributed by atoms with Crippen LogP contribution in [0.1, 0.15) is 24.8 Å². The third-order valence-electron chi connectivity index (χ3n) is 6.07. The zero-order valence-electron chi connectivity index (χ0n) is 22.3. The molecule has 14 nitrogen and oxygen atoms in total. The summed E-state index contributed by atoms with van der Waals surface area (Å²) in [6.07, 6.45) is 4.38. The molecular weight excluding hydrogens is 540 g/mol. The summed E-state index contributed by atoms with van der Waals surface area (Å²) in [7, 11) is 0. The number of aliphatic hydroxyl groups is 1. The number of aliphatic hydroxyl groups excluding tert-OH is 1. The highest BCUT2D eigenvalue weighted by atomic mass is 32.2. The number of aromatic nitrogens is 1. The molecule has 0 aliphatic heterocycles. The maximum absolute atomic E-state index is 13.0. The molecule has 3 amide bonds. The van der Waals surface area contributed by atoms with Crippen LogP contribution in [0.5, 0.6) is 0 Å². The summed E-state index contributed by atoms with van der Waals surface area (Å²) in [5.41, 5.74) is 18.4. The Morgan fingerprint density at radius 3 is 2.30 bits per heavy atom. The van der Waals surface area contributed by atoms with Gasteiger partial charge in [0.2, 0.25) is 17.7 Å². The zero-order valence-corrected chi connectivity index (χ0v) is 23.1. The number of amides is 3. The Labute approximate surface area is 235 Å². The van der Waals surface area contributed by atoms with Crippen LogP contribution in [0.15, 0.2) is 35.5 Å². The Bertz CT molecular complexity index is 1190. The fraction of sp³-hybridized carbons (Fsp3) is 0.480. The van der Waals surface area contributed by atoms with Gasteiger partial charge in [-0.2, -0.15) is 11.8 Å². The van der Waals surface area contributed by atoms with Crippen LogP contribution >= 0.6 is 11.8 Å². The SMILES string of the molecule is CSCCC(NC(=O)C(N)Cc1c[nH]c2ccccc12)C(=O)NC(CO)C(=O)NC(CCCN=C(N)N)C(=O)O. The number of hydrogen-bond donors (Lipinski definition) is 9. The summed E-state index contributed by atoms with van der Waals surface area (Å²) in [6.45, 7) is -0.622. The third kappa shape index (κ3) is 10.1. The molecule has 220 valence electrons. The number of nitrogens with zero attached hydrogens (tertiary/aromatic N) is 1. The lowest BCUT2D eigenvalue weighted by molar-refractivity contribution is -0.142. The lowest BCUT2D eigenvalue weighted by atomic mass is 10.0. The molecule has 1 heterocycles. The van der Waals surface area contributed by atoms with E-state index in [1.807, 2.05) is 30.5 Å². The van der Waals surface area contributed by atoms with Gasteiger partial charge in [0, 0.05) is 23.6 Å². The van der Waals surface area contributed by atoms with Crippen molar-refractivity contribution in [1.29, 1.82) is 0 Å². The first-order chi connectivity index (χ1) is 19.1. The van der Waals surface area contributed by atoms with Crippen molar-refractivity contribution in [3.8, 4) is 0 Å². The number of carboxylic acids is 1. The van der Waals surface area contributed by atoms with Gasteiger partial charge in [0.05, 0.1) is 12.6 Å². The molecule has 0 aliphatic carbocycles. The number of guanidine groups is 1. The number of aliphatic imine (C=N–C) groups is 1. The van der Waals surface area contributed by atoms with Crippen molar-refractivity contribution < 1.29 is 29.4 Å². The van der Waals surface area contributed by atoms with Gasteiger partial charge in [-0.3, -0.25) is 19.4 Å². The van der Waals surface area contributed by atoms with E-state index < -0.39 is 54.5 Å². The highest BCUT2D eigenvalue weighted by molar-refractivity contribution is 7.98. The van der Waals surface area contributed by atoms with Crippen molar-refractivity contribution in [3.63, 3.8) is 0 Å². The summed E-state index contributed by atoms with van der Waals surface area (Å²) < 4.78 is 0. The van der Waals surface area contributed by atoms with Crippen molar-refractivity contribution in [2.75, 3.05) is 25.2 Å². The quantitative estimate of drug-likeness (QED) is 0.0589. The summed E-state index contributed by atoms with van der Waals surface area (Å²) in [4.78, 5) is 57.1. The molecule has 4 unspecified atom stereocenters. The number of thioether (sulfide) groups is 1. The number of carboxylic acid groups (broad SMARTS) is 1. The molecule has 0 bridgehead atoms. The van der Waals surface area contributed by atoms with E-state index in [2.05, 4.69) is 25.9 Å². The van der Waals surface area contributed by atoms with Crippen molar-refractivity contribution in [1.82, 2.24) is 20.9 Å². The number of aromatic amines is 1. The highest BCUT2D eigenvalue weighted by Gasteiger charge is 2.30. The van der Waals surface area contributed by atoms with Crippen LogP contribution in [0, 0.1) is 0 Å². The standard InChI is InChI=1S/C25H38N8O6S/c1-40-10-8-18(31-21(35)16(26)11-14-12-30-17-6-3-2-5-15(14)17)22(36)33-20(13-34)23(37)32-19(24(38)39)7-4-9-29-25(27)28/h2-3,5-6,12,16,18-20,30,34H,4,7-11,13,26H2,1H3,(H,31,35)(H,32,37)(H,33,36)(H,38,39)(H4,27,28,29). The molecule has 0 fully saturated rings. The summed E-state index contributed by atoms with van der Waals surface area (Å²) >= 11 is 1.46. The molecule has 40 heavy (non-hydrogen) atoms. The number of aliphatic carboxylic acids is 1. The summed E-state index contributed by atoms with van der Waals surface area (Å²) in [5.74, 6) is -3.07. The number of carbonyl (C=O) groups excluding carboxylic acids is 3. The first-order valence-electron chi connectivity index (χ1n) is 12.7. The van der Waals surface area contributed by atoms with Crippen molar-refractivity contribution in [3.05, 3.63) is 36.0 Å². The van der Waals surface area contributed by atoms with E-state index in [9.17, 15) is 29.4 Å². The van der Waals surface area contributed by atoms with E-state index in [4.69, 9.17) is 17.2 Å². The molecule has 4 atom stereocenters. The lowest BCUT2D eigenvalue weighted by Crippen LogP contribution is -2.58. The third-order valence-corrected chi connectivity index (χ3v) is 6.71. The van der Waals surface area contributed by atoms with E-state index in [1.165, 1.54) is 11.8 Å². The van der Waals surface area contributed by atoms with E-state index in [0.29, 0.717) is 5.75 Å². The first kappa shape index (κ1) is 32.4. The molecule has 0 spiro atoms. The number of carbonyl (C=O) groups is 4. The molecule has 1 aromatic heterocycles. The molecule has 0 radical (unpaired) electrons. The number of fused-ring (bicyclic) bond motifs is 1. The van der Waals surface area contributed by atoms with Crippen LogP contribution in [-0.4, -0.2) is 94.2 Å². The molecule has 0 saturated heterocycles. The van der Waals surface area contributed by atoms with Crippen molar-refractivity contribution in [2.45, 2.75) is 49.9 Å². The van der Waals surface area contributed by atoms with Gasteiger partial charge in [0.15, 0.2) is 5.96 Å². The fourth-order valence-corrected chi connectivity index (χ4v) is 4.38. The van der Waals surface area contributed by atoms with Crippen LogP contribution in [-0.2, 0) is 25.6 Å². The molecular formula is C25H38N8O6S. The van der Waals surface area contributed by atoms with Crippen LogP contribution in [0.3, 0.4) is 0 Å². The van der Waals surface area contributed by atoms with Crippen LogP contribution in [0.4, 0.5) is 0 Å². The zero-order chi connectivity index (χ0) is 29.7. The minimum Gasteiger partial charge on any atom is -0.480 e. The summed E-state index contributed by atoms with van der Waals surface area (Å²) in [5, 5.41) is 27.5. The Morgan fingerprint density at radius 2 is 1.65 bits per heavy atom. The second-order valence-corrected chi connectivity index (χ2v) is 10.1. The number of nitrogens with one attached hydrogen (secondary N) is 4. The van der Waals surface area contributed by atoms with E-state index in [0.717, 1.165) is 16.5 Å². The molecule has 1 aromatic carbocycles. The Morgan fingerprint density at radius 1 is 1.00 bits per heavy atom. The maximum Gasteiger partial charge on any atom is 0.326 e. The second kappa shape index (κ2) is 16.3. The molecule has 15 heteroatoms. The predicted molar refractivity (Wildman–Crippen MR) is 153 cm³/mol. The average molecular weight is 579 g/mol. The largest absolute Gasteiger partial charge is 0.480 e. The number of nitrogens with two attached hydrogens (primary N) is 3. The number of H-pyrrole nitrogens is 1. The Kier molecular flexibility index (Phi) is 13.2. The maximum atomic E-state index is 13.0. The molecule has 12 N–H and O–H groups in total. The monoisotopic (exact) mass is 578 g/mol. The van der Waals surface area contributed by atoms with Crippen LogP contribution in [0.25, 0.3) is 10.9 Å². The fourth-order valence-electron chi connectivity index (χ4n) is 3.91. The highest BCUT2D eigenvalue weighted by Crippen LogP contribution is 2.18. The van der Waals surface area contributed by atoms with Gasteiger partial charge in [0.25, 0.3) is 0 Å². The lowest BCUT2D eigenvalue weighted by Gasteiger charge is -2.24. The van der Waals surface area contributed by atoms with Gasteiger partial charge in [0.1, 0.15) is 18.1 Å². The topological polar surface area (TPSA) is 251 Å². The molecule has 0 saturated carbocycles. The smallest absolute Gasteiger partial charge is 0.326 e. The van der Waals surface area contributed by atoms with E-state index in [-0.39, 0.29) is 38.2 Å². The first-order valence-corrected chi connectivity index (χ1v) is 14.1. The van der Waals surface area contributed by atoms with Crippen molar-refractivity contribution >= 4 is 52.3 Å². The van der Waals surface area contributed by atoms with Crippen LogP contribution in [0.2, 0.25) is 0 Å². The number of benzene rings is 1. The summed E-state index contributed by atoms with van der Waals surface area (Å²) in [6, 6.07) is 2.88. The van der Waals surface area contributed by atoms with Gasteiger partial charge in [-0.1, -0.05) is 18.2 Å². The van der Waals surface area contributed by atoms with Crippen LogP contribution < -0.4 is 33.2 Å². The number of rotatable bonds is 17. The van der Waals surface area contributed by atoms with Gasteiger partial charge < -0.3 is 48.3 Å². The van der Waals surface area contributed by atoms with Gasteiger partial charge in [-0.25, -0.2) is 4.79 Å². The minimum absolute atomic E-state index is 0.0185. The normalized spacial score (nSPS) is 14.0. The number of para-hydroxylation sites is 1. The Balaban J connectivity index is 2.01. The van der Waals surface area contributed by atoms with Gasteiger partial charge >= 0.3 is 5.97 Å². The molecule has 2 rings (SSSR count). The van der Waals surface area contributed by atoms with Gasteiger partial charge in [-0.05, 0) is 49.3 Å². The van der Waals surface area contributed by atoms with Gasteiger partial charge in [-0.15, -0.1) is 0 Å². The van der Waals surface area contributed by atoms with E-state index >= 15 is 0 Å². The average Bonchev–Trinajstić information content (AvgIpc) is 3.33. The Hall–Kier alpha value is -3.82.